The Labute approximate surface area is 179 Å². The van der Waals surface area contributed by atoms with Gasteiger partial charge >= 0.3 is 5.97 Å². The number of halogens is 1. The number of hydrogen-bond acceptors (Lipinski definition) is 6. The second-order valence-electron chi connectivity index (χ2n) is 7.57. The van der Waals surface area contributed by atoms with Crippen molar-refractivity contribution in [1.82, 2.24) is 9.88 Å². The molecule has 1 fully saturated rings. The average Bonchev–Trinajstić information content (AvgIpc) is 3.11. The summed E-state index contributed by atoms with van der Waals surface area (Å²) < 4.78 is 6.00. The van der Waals surface area contributed by atoms with Gasteiger partial charge in [-0.2, -0.15) is 0 Å². The summed E-state index contributed by atoms with van der Waals surface area (Å²) in [4.78, 5) is 21.5. The predicted molar refractivity (Wildman–Crippen MR) is 119 cm³/mol. The normalized spacial score (nSPS) is 17.7. The SMILES string of the molecule is COC(=O)c1cc(C)cc(CN2CCN(c3nc4ccc(Cl)cc4s3)C[C@@H]2C)c1. The first-order valence-corrected chi connectivity index (χ1v) is 10.9. The maximum absolute atomic E-state index is 11.9. The van der Waals surface area contributed by atoms with E-state index in [1.54, 1.807) is 11.3 Å². The zero-order valence-electron chi connectivity index (χ0n) is 16.8. The summed E-state index contributed by atoms with van der Waals surface area (Å²) in [6.45, 7) is 7.86. The third kappa shape index (κ3) is 4.39. The summed E-state index contributed by atoms with van der Waals surface area (Å²) in [6.07, 6.45) is 0. The molecular formula is C22H24ClN3O2S. The highest BCUT2D eigenvalue weighted by molar-refractivity contribution is 7.22. The molecule has 0 N–H and O–H groups in total. The van der Waals surface area contributed by atoms with Crippen LogP contribution >= 0.6 is 22.9 Å². The van der Waals surface area contributed by atoms with Crippen molar-refractivity contribution in [3.05, 3.63) is 58.1 Å². The van der Waals surface area contributed by atoms with Crippen molar-refractivity contribution in [2.75, 3.05) is 31.6 Å². The minimum Gasteiger partial charge on any atom is -0.465 e. The average molecular weight is 430 g/mol. The molecule has 2 aromatic carbocycles. The maximum atomic E-state index is 11.9. The monoisotopic (exact) mass is 429 g/mol. The number of nitrogens with zero attached hydrogens (tertiary/aromatic N) is 3. The van der Waals surface area contributed by atoms with Crippen LogP contribution in [-0.2, 0) is 11.3 Å². The number of carbonyl (C=O) groups is 1. The summed E-state index contributed by atoms with van der Waals surface area (Å²) in [5, 5.41) is 1.80. The largest absolute Gasteiger partial charge is 0.465 e. The molecule has 0 radical (unpaired) electrons. The van der Waals surface area contributed by atoms with E-state index in [2.05, 4.69) is 22.8 Å². The Balaban J connectivity index is 1.46. The molecule has 29 heavy (non-hydrogen) atoms. The van der Waals surface area contributed by atoms with E-state index >= 15 is 0 Å². The second kappa shape index (κ2) is 8.30. The number of methoxy groups -OCH3 is 1. The lowest BCUT2D eigenvalue weighted by molar-refractivity contribution is 0.0600. The quantitative estimate of drug-likeness (QED) is 0.560. The summed E-state index contributed by atoms with van der Waals surface area (Å²) >= 11 is 7.81. The zero-order chi connectivity index (χ0) is 20.5. The minimum atomic E-state index is -0.288. The first-order valence-electron chi connectivity index (χ1n) is 9.67. The van der Waals surface area contributed by atoms with Gasteiger partial charge in [-0.05, 0) is 55.3 Å². The van der Waals surface area contributed by atoms with Crippen molar-refractivity contribution in [1.29, 1.82) is 0 Å². The number of piperazine rings is 1. The fourth-order valence-corrected chi connectivity index (χ4v) is 5.13. The van der Waals surface area contributed by atoms with Gasteiger partial charge in [0.15, 0.2) is 5.13 Å². The number of ether oxygens (including phenoxy) is 1. The van der Waals surface area contributed by atoms with Crippen LogP contribution in [0.4, 0.5) is 5.13 Å². The van der Waals surface area contributed by atoms with E-state index in [-0.39, 0.29) is 5.97 Å². The highest BCUT2D eigenvalue weighted by atomic mass is 35.5. The van der Waals surface area contributed by atoms with E-state index in [0.717, 1.165) is 57.7 Å². The first-order chi connectivity index (χ1) is 13.9. The van der Waals surface area contributed by atoms with Gasteiger partial charge in [-0.15, -0.1) is 0 Å². The number of fused-ring (bicyclic) bond motifs is 1. The van der Waals surface area contributed by atoms with Gasteiger partial charge < -0.3 is 9.64 Å². The van der Waals surface area contributed by atoms with Gasteiger partial charge in [-0.3, -0.25) is 4.90 Å². The van der Waals surface area contributed by atoms with Gasteiger partial charge in [-0.1, -0.05) is 29.0 Å². The van der Waals surface area contributed by atoms with Gasteiger partial charge in [0, 0.05) is 37.2 Å². The number of hydrogen-bond donors (Lipinski definition) is 0. The minimum absolute atomic E-state index is 0.288. The number of carbonyl (C=O) groups excluding carboxylic acids is 1. The lowest BCUT2D eigenvalue weighted by Crippen LogP contribution is -2.51. The molecule has 1 atom stereocenters. The molecule has 152 valence electrons. The molecule has 0 unspecified atom stereocenters. The van der Waals surface area contributed by atoms with Crippen LogP contribution in [0, 0.1) is 6.92 Å². The van der Waals surface area contributed by atoms with Gasteiger partial charge in [0.25, 0.3) is 0 Å². The standard InChI is InChI=1S/C22H24ClN3O2S/c1-14-8-16(10-17(9-14)21(27)28-3)13-25-6-7-26(12-15(25)2)22-24-19-5-4-18(23)11-20(19)29-22/h4-5,8-11,15H,6-7,12-13H2,1-3H3/t15-/m0/s1. The van der Waals surface area contributed by atoms with Crippen LogP contribution in [0.5, 0.6) is 0 Å². The third-order valence-electron chi connectivity index (χ3n) is 5.32. The molecular weight excluding hydrogens is 406 g/mol. The fourth-order valence-electron chi connectivity index (χ4n) is 3.85. The summed E-state index contributed by atoms with van der Waals surface area (Å²) in [7, 11) is 1.42. The lowest BCUT2D eigenvalue weighted by Gasteiger charge is -2.39. The zero-order valence-corrected chi connectivity index (χ0v) is 18.4. The van der Waals surface area contributed by atoms with Crippen molar-refractivity contribution in [2.45, 2.75) is 26.4 Å². The van der Waals surface area contributed by atoms with Crippen molar-refractivity contribution in [2.24, 2.45) is 0 Å². The molecule has 0 bridgehead atoms. The van der Waals surface area contributed by atoms with Gasteiger partial charge in [0.05, 0.1) is 22.9 Å². The van der Waals surface area contributed by atoms with E-state index in [9.17, 15) is 4.79 Å². The second-order valence-corrected chi connectivity index (χ2v) is 9.02. The Bertz CT molecular complexity index is 1050. The molecule has 1 aliphatic rings. The van der Waals surface area contributed by atoms with E-state index in [1.165, 1.54) is 7.11 Å². The highest BCUT2D eigenvalue weighted by Crippen LogP contribution is 2.32. The Morgan fingerprint density at radius 2 is 2.10 bits per heavy atom. The molecule has 0 amide bonds. The molecule has 0 saturated carbocycles. The van der Waals surface area contributed by atoms with Crippen LogP contribution < -0.4 is 4.90 Å². The Kier molecular flexibility index (Phi) is 5.76. The molecule has 0 spiro atoms. The van der Waals surface area contributed by atoms with Crippen LogP contribution in [-0.4, -0.2) is 48.6 Å². The maximum Gasteiger partial charge on any atom is 0.337 e. The van der Waals surface area contributed by atoms with E-state index in [1.807, 2.05) is 37.3 Å². The number of rotatable bonds is 4. The molecule has 4 rings (SSSR count). The van der Waals surface area contributed by atoms with E-state index in [0.29, 0.717) is 11.6 Å². The van der Waals surface area contributed by atoms with Gasteiger partial charge in [0.1, 0.15) is 0 Å². The molecule has 1 aromatic heterocycles. The topological polar surface area (TPSA) is 45.7 Å². The summed E-state index contributed by atoms with van der Waals surface area (Å²) in [5.41, 5.74) is 3.82. The number of thiazole rings is 1. The van der Waals surface area contributed by atoms with Crippen LogP contribution in [0.2, 0.25) is 5.02 Å². The molecule has 1 saturated heterocycles. The first kappa shape index (κ1) is 20.1. The van der Waals surface area contributed by atoms with Gasteiger partial charge in [0.2, 0.25) is 0 Å². The number of benzene rings is 2. The number of anilines is 1. The molecule has 2 heterocycles. The van der Waals surface area contributed by atoms with Crippen molar-refractivity contribution in [3.63, 3.8) is 0 Å². The predicted octanol–water partition coefficient (Wildman–Crippen LogP) is 4.76. The number of aryl methyl sites for hydroxylation is 1. The van der Waals surface area contributed by atoms with Gasteiger partial charge in [-0.25, -0.2) is 9.78 Å². The summed E-state index contributed by atoms with van der Waals surface area (Å²) in [6, 6.07) is 12.2. The molecule has 0 aliphatic carbocycles. The van der Waals surface area contributed by atoms with E-state index < -0.39 is 0 Å². The number of esters is 1. The Morgan fingerprint density at radius 3 is 2.86 bits per heavy atom. The van der Waals surface area contributed by atoms with Crippen molar-refractivity contribution < 1.29 is 9.53 Å². The molecule has 1 aliphatic heterocycles. The number of aromatic nitrogens is 1. The molecule has 3 aromatic rings. The van der Waals surface area contributed by atoms with E-state index in [4.69, 9.17) is 21.3 Å². The summed E-state index contributed by atoms with van der Waals surface area (Å²) in [5.74, 6) is -0.288. The highest BCUT2D eigenvalue weighted by Gasteiger charge is 2.26. The smallest absolute Gasteiger partial charge is 0.337 e. The van der Waals surface area contributed by atoms with Crippen LogP contribution in [0.3, 0.4) is 0 Å². The van der Waals surface area contributed by atoms with Crippen molar-refractivity contribution >= 4 is 44.3 Å². The molecule has 5 nitrogen and oxygen atoms in total. The third-order valence-corrected chi connectivity index (χ3v) is 6.63. The van der Waals surface area contributed by atoms with Crippen LogP contribution in [0.1, 0.15) is 28.4 Å². The van der Waals surface area contributed by atoms with Crippen LogP contribution in [0.25, 0.3) is 10.2 Å². The van der Waals surface area contributed by atoms with Crippen LogP contribution in [0.15, 0.2) is 36.4 Å². The fraction of sp³-hybridized carbons (Fsp3) is 0.364. The lowest BCUT2D eigenvalue weighted by atomic mass is 10.0. The van der Waals surface area contributed by atoms with Crippen molar-refractivity contribution in [3.8, 4) is 0 Å². The Morgan fingerprint density at radius 1 is 1.28 bits per heavy atom. The Hall–Kier alpha value is -2.15. The molecule has 7 heteroatoms.